The van der Waals surface area contributed by atoms with Gasteiger partial charge in [-0.1, -0.05) is 66.7 Å². The number of rotatable bonds is 3. The van der Waals surface area contributed by atoms with E-state index in [1.165, 1.54) is 0 Å². The molecule has 2 aromatic carbocycles. The van der Waals surface area contributed by atoms with Crippen LogP contribution in [0.15, 0.2) is 72.8 Å². The lowest BCUT2D eigenvalue weighted by Crippen LogP contribution is -2.42. The van der Waals surface area contributed by atoms with Gasteiger partial charge in [0, 0.05) is 6.42 Å². The highest BCUT2D eigenvalue weighted by Crippen LogP contribution is 2.47. The first kappa shape index (κ1) is 16.3. The molecule has 27 heavy (non-hydrogen) atoms. The predicted octanol–water partition coefficient (Wildman–Crippen LogP) is 3.59. The number of benzene rings is 2. The third kappa shape index (κ3) is 2.66. The highest BCUT2D eigenvalue weighted by Gasteiger charge is 2.52. The standard InChI is InChI=1S/C22H19NO4/c24-17-11-12-18-16(13-19(17)26-18)23-20(14-7-3-1-4-8-14)21(27-22(23)25)15-9-5-2-6-10-15/h1-12,16,18-21H,13H2/t16-,18-,19-,20-,21+/m1/s1. The van der Waals surface area contributed by atoms with Crippen LogP contribution in [-0.2, 0) is 14.3 Å². The van der Waals surface area contributed by atoms with Crippen LogP contribution in [0.4, 0.5) is 4.79 Å². The molecule has 2 saturated heterocycles. The van der Waals surface area contributed by atoms with Crippen molar-refractivity contribution in [2.45, 2.75) is 36.8 Å². The second-order valence-electron chi connectivity index (χ2n) is 7.13. The second kappa shape index (κ2) is 6.35. The van der Waals surface area contributed by atoms with Crippen LogP contribution >= 0.6 is 0 Å². The summed E-state index contributed by atoms with van der Waals surface area (Å²) in [7, 11) is 0. The summed E-state index contributed by atoms with van der Waals surface area (Å²) in [6.45, 7) is 0. The summed E-state index contributed by atoms with van der Waals surface area (Å²) >= 11 is 0. The molecule has 2 bridgehead atoms. The molecular weight excluding hydrogens is 342 g/mol. The van der Waals surface area contributed by atoms with Gasteiger partial charge in [0.25, 0.3) is 0 Å². The molecule has 5 rings (SSSR count). The Kier molecular flexibility index (Phi) is 3.83. The number of carbonyl (C=O) groups is 2. The third-order valence-corrected chi connectivity index (χ3v) is 5.58. The monoisotopic (exact) mass is 361 g/mol. The summed E-state index contributed by atoms with van der Waals surface area (Å²) in [5, 5.41) is 0. The largest absolute Gasteiger partial charge is 0.439 e. The highest BCUT2D eigenvalue weighted by molar-refractivity contribution is 5.95. The van der Waals surface area contributed by atoms with Gasteiger partial charge in [-0.3, -0.25) is 9.69 Å². The molecule has 1 amide bonds. The zero-order valence-corrected chi connectivity index (χ0v) is 14.6. The number of fused-ring (bicyclic) bond motifs is 2. The van der Waals surface area contributed by atoms with Crippen molar-refractivity contribution < 1.29 is 19.1 Å². The zero-order valence-electron chi connectivity index (χ0n) is 14.6. The Morgan fingerprint density at radius 2 is 1.56 bits per heavy atom. The number of ketones is 1. The summed E-state index contributed by atoms with van der Waals surface area (Å²) in [6.07, 6.45) is 2.33. The molecule has 0 unspecified atom stereocenters. The van der Waals surface area contributed by atoms with Gasteiger partial charge in [-0.15, -0.1) is 0 Å². The summed E-state index contributed by atoms with van der Waals surface area (Å²) in [5.74, 6) is -0.0304. The third-order valence-electron chi connectivity index (χ3n) is 5.58. The molecule has 0 radical (unpaired) electrons. The fourth-order valence-corrected chi connectivity index (χ4v) is 4.33. The molecule has 5 nitrogen and oxygen atoms in total. The maximum atomic E-state index is 12.9. The number of cyclic esters (lactones) is 1. The van der Waals surface area contributed by atoms with Gasteiger partial charge in [0.2, 0.25) is 0 Å². The molecule has 136 valence electrons. The molecular formula is C22H19NO4. The van der Waals surface area contributed by atoms with Crippen LogP contribution < -0.4 is 0 Å². The number of ether oxygens (including phenoxy) is 2. The smallest absolute Gasteiger partial charge is 0.411 e. The number of carbonyl (C=O) groups excluding carboxylic acids is 2. The van der Waals surface area contributed by atoms with Crippen molar-refractivity contribution in [3.63, 3.8) is 0 Å². The Balaban J connectivity index is 1.56. The van der Waals surface area contributed by atoms with Crippen LogP contribution in [0.5, 0.6) is 0 Å². The van der Waals surface area contributed by atoms with Gasteiger partial charge in [-0.05, 0) is 17.2 Å². The van der Waals surface area contributed by atoms with E-state index >= 15 is 0 Å². The SMILES string of the molecule is O=C1C=C[C@H]2O[C@@H]1C[C@H]2N1C(=O)O[C@@H](c2ccccc2)[C@H]1c1ccccc1. The highest BCUT2D eigenvalue weighted by atomic mass is 16.6. The van der Waals surface area contributed by atoms with E-state index < -0.39 is 12.2 Å². The Morgan fingerprint density at radius 1 is 0.889 bits per heavy atom. The second-order valence-corrected chi connectivity index (χ2v) is 7.13. The number of amides is 1. The lowest BCUT2D eigenvalue weighted by molar-refractivity contribution is -0.125. The van der Waals surface area contributed by atoms with E-state index in [0.29, 0.717) is 6.42 Å². The van der Waals surface area contributed by atoms with Gasteiger partial charge in [0.15, 0.2) is 11.9 Å². The minimum absolute atomic E-state index is 0.0304. The summed E-state index contributed by atoms with van der Waals surface area (Å²) < 4.78 is 11.7. The maximum Gasteiger partial charge on any atom is 0.411 e. The fourth-order valence-electron chi connectivity index (χ4n) is 4.33. The van der Waals surface area contributed by atoms with Crippen molar-refractivity contribution in [2.24, 2.45) is 0 Å². The normalized spacial score (nSPS) is 32.0. The topological polar surface area (TPSA) is 55.8 Å². The first-order valence-electron chi connectivity index (χ1n) is 9.19. The van der Waals surface area contributed by atoms with Crippen LogP contribution in [-0.4, -0.2) is 35.0 Å². The van der Waals surface area contributed by atoms with E-state index in [1.807, 2.05) is 60.7 Å². The van der Waals surface area contributed by atoms with Crippen molar-refractivity contribution in [2.75, 3.05) is 0 Å². The Labute approximate surface area is 157 Å². The quantitative estimate of drug-likeness (QED) is 0.838. The molecule has 0 N–H and O–H groups in total. The van der Waals surface area contributed by atoms with Crippen molar-refractivity contribution in [1.29, 1.82) is 0 Å². The van der Waals surface area contributed by atoms with E-state index in [9.17, 15) is 9.59 Å². The Bertz CT molecular complexity index is 895. The summed E-state index contributed by atoms with van der Waals surface area (Å²) in [6, 6.07) is 19.2. The minimum atomic E-state index is -0.468. The average molecular weight is 361 g/mol. The van der Waals surface area contributed by atoms with Crippen molar-refractivity contribution in [1.82, 2.24) is 4.90 Å². The summed E-state index contributed by atoms with van der Waals surface area (Å²) in [5.41, 5.74) is 1.96. The van der Waals surface area contributed by atoms with Crippen LogP contribution in [0, 0.1) is 0 Å². The zero-order chi connectivity index (χ0) is 18.4. The van der Waals surface area contributed by atoms with E-state index in [2.05, 4.69) is 0 Å². The lowest BCUT2D eigenvalue weighted by Gasteiger charge is -2.31. The predicted molar refractivity (Wildman–Crippen MR) is 97.9 cm³/mol. The molecule has 3 aliphatic rings. The molecule has 3 heterocycles. The van der Waals surface area contributed by atoms with Gasteiger partial charge in [0.1, 0.15) is 12.1 Å². The number of nitrogens with zero attached hydrogens (tertiary/aromatic N) is 1. The summed E-state index contributed by atoms with van der Waals surface area (Å²) in [4.78, 5) is 26.7. The fraction of sp³-hybridized carbons (Fsp3) is 0.273. The first-order valence-corrected chi connectivity index (χ1v) is 9.19. The maximum absolute atomic E-state index is 12.9. The first-order chi connectivity index (χ1) is 13.2. The molecule has 0 saturated carbocycles. The van der Waals surface area contributed by atoms with E-state index in [1.54, 1.807) is 17.1 Å². The van der Waals surface area contributed by atoms with Crippen molar-refractivity contribution in [3.05, 3.63) is 83.9 Å². The molecule has 0 spiro atoms. The molecule has 5 atom stereocenters. The molecule has 2 fully saturated rings. The van der Waals surface area contributed by atoms with Gasteiger partial charge >= 0.3 is 6.09 Å². The Morgan fingerprint density at radius 3 is 2.22 bits per heavy atom. The molecule has 0 aliphatic carbocycles. The van der Waals surface area contributed by atoms with E-state index in [0.717, 1.165) is 11.1 Å². The van der Waals surface area contributed by atoms with Crippen LogP contribution in [0.25, 0.3) is 0 Å². The van der Waals surface area contributed by atoms with E-state index in [-0.39, 0.29) is 30.1 Å². The number of hydrogen-bond acceptors (Lipinski definition) is 4. The van der Waals surface area contributed by atoms with Gasteiger partial charge in [-0.2, -0.15) is 0 Å². The van der Waals surface area contributed by atoms with Crippen molar-refractivity contribution in [3.8, 4) is 0 Å². The average Bonchev–Trinajstić information content (AvgIpc) is 3.24. The lowest BCUT2D eigenvalue weighted by atomic mass is 9.93. The number of hydrogen-bond donors (Lipinski definition) is 0. The van der Waals surface area contributed by atoms with Crippen LogP contribution in [0.1, 0.15) is 29.7 Å². The molecule has 5 heteroatoms. The molecule has 3 aliphatic heterocycles. The molecule has 2 aromatic rings. The van der Waals surface area contributed by atoms with Crippen molar-refractivity contribution >= 4 is 11.9 Å². The van der Waals surface area contributed by atoms with Gasteiger partial charge in [0.05, 0.1) is 12.1 Å². The van der Waals surface area contributed by atoms with Gasteiger partial charge < -0.3 is 9.47 Å². The Hall–Kier alpha value is -2.92. The van der Waals surface area contributed by atoms with E-state index in [4.69, 9.17) is 9.47 Å². The van der Waals surface area contributed by atoms with Crippen LogP contribution in [0.2, 0.25) is 0 Å². The minimum Gasteiger partial charge on any atom is -0.439 e. The van der Waals surface area contributed by atoms with Crippen LogP contribution in [0.3, 0.4) is 0 Å². The van der Waals surface area contributed by atoms with Gasteiger partial charge in [-0.25, -0.2) is 4.79 Å². The molecule has 0 aromatic heterocycles.